The second-order valence-electron chi connectivity index (χ2n) is 7.08. The molecule has 6 N–H and O–H groups in total. The Bertz CT molecular complexity index is 934. The molecule has 0 amide bonds. The third kappa shape index (κ3) is 5.99. The minimum atomic E-state index is -4.73. The highest BCUT2D eigenvalue weighted by Gasteiger charge is 2.35. The number of guanidine groups is 1. The van der Waals surface area contributed by atoms with Crippen molar-refractivity contribution in [1.82, 2.24) is 5.32 Å². The number of aliphatic hydroxyl groups excluding tert-OH is 1. The third-order valence-electron chi connectivity index (χ3n) is 4.56. The van der Waals surface area contributed by atoms with Gasteiger partial charge < -0.3 is 21.5 Å². The molecular formula is C19H26F3N5O2S. The van der Waals surface area contributed by atoms with Crippen molar-refractivity contribution < 1.29 is 22.5 Å². The normalized spacial score (nSPS) is 19.9. The van der Waals surface area contributed by atoms with Crippen LogP contribution in [-0.4, -0.2) is 38.8 Å². The molecule has 3 atom stereocenters. The molecule has 2 rings (SSSR count). The van der Waals surface area contributed by atoms with Crippen molar-refractivity contribution in [2.45, 2.75) is 55.2 Å². The van der Waals surface area contributed by atoms with E-state index in [1.54, 1.807) is 0 Å². The number of benzene rings is 1. The summed E-state index contributed by atoms with van der Waals surface area (Å²) in [6.07, 6.45) is -3.53. The number of nitrogens with one attached hydrogen (secondary N) is 3. The number of alkyl halides is 3. The molecule has 1 unspecified atom stereocenters. The zero-order valence-electron chi connectivity index (χ0n) is 16.7. The van der Waals surface area contributed by atoms with E-state index in [4.69, 9.17) is 10.5 Å². The minimum Gasteiger partial charge on any atom is -0.391 e. The molecule has 166 valence electrons. The van der Waals surface area contributed by atoms with Crippen LogP contribution in [0.2, 0.25) is 0 Å². The molecule has 11 heteroatoms. The summed E-state index contributed by atoms with van der Waals surface area (Å²) >= 11 is 0. The van der Waals surface area contributed by atoms with Gasteiger partial charge in [-0.2, -0.15) is 18.2 Å². The fourth-order valence-corrected chi connectivity index (χ4v) is 4.21. The summed E-state index contributed by atoms with van der Waals surface area (Å²) in [5.41, 5.74) is 5.06. The zero-order chi connectivity index (χ0) is 22.7. The Balaban J connectivity index is 2.28. The van der Waals surface area contributed by atoms with Gasteiger partial charge in [0.1, 0.15) is 5.82 Å². The Morgan fingerprint density at radius 1 is 1.37 bits per heavy atom. The summed E-state index contributed by atoms with van der Waals surface area (Å²) in [6, 6.07) is 5.38. The van der Waals surface area contributed by atoms with Gasteiger partial charge in [-0.15, -0.1) is 0 Å². The minimum absolute atomic E-state index is 0.127. The molecule has 1 fully saturated rings. The maximum absolute atomic E-state index is 13.3. The van der Waals surface area contributed by atoms with Gasteiger partial charge in [0.05, 0.1) is 27.4 Å². The van der Waals surface area contributed by atoms with Crippen molar-refractivity contribution in [3.8, 4) is 0 Å². The van der Waals surface area contributed by atoms with E-state index >= 15 is 0 Å². The standard InChI is InChI=1S/C19H26F3N5O2S/c1-4-16(19(20,21)22)17(25-11(2)12(3)28)27-18(23)26-13-5-7-14(8-6-13)30(24,29)15-9-10-15/h4-8,11-12,15,24-25,28H,1,9-10H2,2-3H3,(H3,23,26,27)/b17-16+/t11-,12-,30?/m1/s1. The number of anilines is 1. The summed E-state index contributed by atoms with van der Waals surface area (Å²) < 4.78 is 60.4. The van der Waals surface area contributed by atoms with Gasteiger partial charge in [-0.25, -0.2) is 8.99 Å². The predicted molar refractivity (Wildman–Crippen MR) is 111 cm³/mol. The zero-order valence-corrected chi connectivity index (χ0v) is 17.5. The molecule has 0 spiro atoms. The average Bonchev–Trinajstić information content (AvgIpc) is 3.46. The second kappa shape index (κ2) is 9.09. The Morgan fingerprint density at radius 2 is 1.93 bits per heavy atom. The molecule has 1 aliphatic carbocycles. The van der Waals surface area contributed by atoms with Crippen molar-refractivity contribution in [1.29, 1.82) is 4.78 Å². The lowest BCUT2D eigenvalue weighted by Gasteiger charge is -2.21. The Kier molecular flexibility index (Phi) is 7.19. The van der Waals surface area contributed by atoms with Crippen LogP contribution in [0, 0.1) is 4.78 Å². The summed E-state index contributed by atoms with van der Waals surface area (Å²) in [7, 11) is -2.85. The Morgan fingerprint density at radius 3 is 2.37 bits per heavy atom. The average molecular weight is 446 g/mol. The number of allylic oxidation sites excluding steroid dienone is 2. The van der Waals surface area contributed by atoms with E-state index in [2.05, 4.69) is 22.2 Å². The molecule has 7 nitrogen and oxygen atoms in total. The molecule has 30 heavy (non-hydrogen) atoms. The second-order valence-corrected chi connectivity index (χ2v) is 9.42. The Hall–Kier alpha value is -2.53. The molecule has 1 saturated carbocycles. The summed E-state index contributed by atoms with van der Waals surface area (Å²) in [5, 5.41) is 14.6. The van der Waals surface area contributed by atoms with Crippen LogP contribution in [0.5, 0.6) is 0 Å². The summed E-state index contributed by atoms with van der Waals surface area (Å²) in [4.78, 5) is 4.19. The van der Waals surface area contributed by atoms with Crippen molar-refractivity contribution in [2.24, 2.45) is 10.7 Å². The predicted octanol–water partition coefficient (Wildman–Crippen LogP) is 3.30. The molecule has 1 aromatic rings. The highest BCUT2D eigenvalue weighted by atomic mass is 32.2. The molecular weight excluding hydrogens is 419 g/mol. The van der Waals surface area contributed by atoms with Crippen LogP contribution in [0.3, 0.4) is 0 Å². The molecule has 0 radical (unpaired) electrons. The highest BCUT2D eigenvalue weighted by Crippen LogP contribution is 2.34. The number of aliphatic imine (C=N–C) groups is 1. The first kappa shape index (κ1) is 23.7. The van der Waals surface area contributed by atoms with Crippen molar-refractivity contribution in [2.75, 3.05) is 5.32 Å². The molecule has 0 saturated heterocycles. The van der Waals surface area contributed by atoms with Gasteiger partial charge in [0, 0.05) is 15.8 Å². The lowest BCUT2D eigenvalue weighted by atomic mass is 10.2. The third-order valence-corrected chi connectivity index (χ3v) is 6.94. The highest BCUT2D eigenvalue weighted by molar-refractivity contribution is 7.93. The maximum Gasteiger partial charge on any atom is 0.419 e. The number of hydrogen-bond acceptors (Lipinski definition) is 5. The van der Waals surface area contributed by atoms with Crippen LogP contribution in [0.4, 0.5) is 18.9 Å². The van der Waals surface area contributed by atoms with Gasteiger partial charge >= 0.3 is 6.18 Å². The summed E-state index contributed by atoms with van der Waals surface area (Å²) in [5.74, 6) is -0.920. The van der Waals surface area contributed by atoms with Crippen LogP contribution in [0.1, 0.15) is 26.7 Å². The molecule has 1 aliphatic rings. The molecule has 1 aromatic carbocycles. The van der Waals surface area contributed by atoms with Crippen LogP contribution in [-0.2, 0) is 9.73 Å². The number of nitrogens with two attached hydrogens (primary N) is 1. The van der Waals surface area contributed by atoms with Crippen LogP contribution < -0.4 is 16.4 Å². The number of halogens is 3. The van der Waals surface area contributed by atoms with Gasteiger partial charge in [-0.1, -0.05) is 12.7 Å². The van der Waals surface area contributed by atoms with Gasteiger partial charge in [0.15, 0.2) is 5.96 Å². The number of rotatable bonds is 8. The molecule has 0 aliphatic heterocycles. The maximum atomic E-state index is 13.3. The van der Waals surface area contributed by atoms with E-state index < -0.39 is 39.4 Å². The lowest BCUT2D eigenvalue weighted by Crippen LogP contribution is -2.37. The fraction of sp³-hybridized carbons (Fsp3) is 0.421. The Labute approximate surface area is 173 Å². The first-order chi connectivity index (χ1) is 13.9. The van der Waals surface area contributed by atoms with Crippen molar-refractivity contribution >= 4 is 21.4 Å². The lowest BCUT2D eigenvalue weighted by molar-refractivity contribution is -0.0894. The van der Waals surface area contributed by atoms with Crippen LogP contribution in [0.25, 0.3) is 0 Å². The van der Waals surface area contributed by atoms with E-state index in [0.717, 1.165) is 12.8 Å². The van der Waals surface area contributed by atoms with Gasteiger partial charge in [0.25, 0.3) is 0 Å². The van der Waals surface area contributed by atoms with E-state index in [9.17, 15) is 22.5 Å². The smallest absolute Gasteiger partial charge is 0.391 e. The first-order valence-electron chi connectivity index (χ1n) is 9.23. The first-order valence-corrected chi connectivity index (χ1v) is 10.9. The van der Waals surface area contributed by atoms with Crippen LogP contribution >= 0.6 is 0 Å². The quantitative estimate of drug-likeness (QED) is 0.239. The van der Waals surface area contributed by atoms with E-state index in [0.29, 0.717) is 16.7 Å². The van der Waals surface area contributed by atoms with Crippen LogP contribution in [0.15, 0.2) is 58.2 Å². The monoisotopic (exact) mass is 445 g/mol. The summed E-state index contributed by atoms with van der Waals surface area (Å²) in [6.45, 7) is 6.11. The number of hydrogen-bond donors (Lipinski definition) is 5. The molecule has 0 heterocycles. The fourth-order valence-electron chi connectivity index (χ4n) is 2.48. The van der Waals surface area contributed by atoms with E-state index in [1.165, 1.54) is 38.1 Å². The topological polar surface area (TPSA) is 124 Å². The number of nitrogens with zero attached hydrogens (tertiary/aromatic N) is 1. The molecule has 0 bridgehead atoms. The van der Waals surface area contributed by atoms with Gasteiger partial charge in [-0.05, 0) is 51.0 Å². The largest absolute Gasteiger partial charge is 0.419 e. The van der Waals surface area contributed by atoms with E-state index in [1.807, 2.05) is 0 Å². The SMILES string of the molecule is C=C/C(=C(\N=C(N)Nc1ccc(S(=N)(=O)C2CC2)cc1)N[C@H](C)[C@@H](C)O)C(F)(F)F. The number of aliphatic hydroxyl groups is 1. The molecule has 0 aromatic heterocycles. The van der Waals surface area contributed by atoms with Gasteiger partial charge in [0.2, 0.25) is 0 Å². The van der Waals surface area contributed by atoms with Crippen molar-refractivity contribution in [3.05, 3.63) is 48.3 Å². The van der Waals surface area contributed by atoms with E-state index in [-0.39, 0.29) is 11.2 Å². The van der Waals surface area contributed by atoms with Gasteiger partial charge in [-0.3, -0.25) is 0 Å². The van der Waals surface area contributed by atoms with Crippen molar-refractivity contribution in [3.63, 3.8) is 0 Å².